The first-order valence-electron chi connectivity index (χ1n) is 6.25. The zero-order chi connectivity index (χ0) is 13.5. The third-order valence-electron chi connectivity index (χ3n) is 2.97. The molecule has 0 bridgehead atoms. The molecule has 0 radical (unpaired) electrons. The van der Waals surface area contributed by atoms with Crippen LogP contribution in [0.2, 0.25) is 0 Å². The van der Waals surface area contributed by atoms with Crippen molar-refractivity contribution in [2.75, 3.05) is 24.7 Å². The van der Waals surface area contributed by atoms with Crippen molar-refractivity contribution in [3.8, 4) is 11.8 Å². The molecule has 1 heterocycles. The molecule has 100 valence electrons. The molecule has 1 atom stereocenters. The molecular formula is C14H16N2O2S. The smallest absolute Gasteiger partial charge is 0.257 e. The molecule has 0 aromatic heterocycles. The number of rotatable bonds is 5. The number of benzene rings is 1. The van der Waals surface area contributed by atoms with E-state index in [1.807, 2.05) is 17.8 Å². The van der Waals surface area contributed by atoms with Gasteiger partial charge >= 0.3 is 0 Å². The largest absolute Gasteiger partial charge is 0.484 e. The van der Waals surface area contributed by atoms with Crippen LogP contribution in [0.15, 0.2) is 24.3 Å². The number of carbonyl (C=O) groups is 1. The zero-order valence-electron chi connectivity index (χ0n) is 10.6. The lowest BCUT2D eigenvalue weighted by Crippen LogP contribution is -2.33. The fourth-order valence-electron chi connectivity index (χ4n) is 1.83. The van der Waals surface area contributed by atoms with Crippen LogP contribution >= 0.6 is 11.8 Å². The van der Waals surface area contributed by atoms with E-state index in [9.17, 15) is 4.79 Å². The Bertz CT molecular complexity index is 461. The monoisotopic (exact) mass is 276 g/mol. The topological polar surface area (TPSA) is 62.1 Å². The van der Waals surface area contributed by atoms with E-state index in [0.717, 1.165) is 12.3 Å². The number of nitriles is 1. The highest BCUT2D eigenvalue weighted by Gasteiger charge is 2.16. The number of thioether (sulfide) groups is 1. The first-order chi connectivity index (χ1) is 9.28. The average Bonchev–Trinajstić information content (AvgIpc) is 2.96. The third-order valence-corrected chi connectivity index (χ3v) is 4.20. The number of carbonyl (C=O) groups excluding carboxylic acids is 1. The van der Waals surface area contributed by atoms with Crippen LogP contribution in [-0.2, 0) is 4.79 Å². The minimum atomic E-state index is -0.0961. The van der Waals surface area contributed by atoms with Gasteiger partial charge in [0.05, 0.1) is 11.6 Å². The summed E-state index contributed by atoms with van der Waals surface area (Å²) in [7, 11) is 0. The Morgan fingerprint density at radius 3 is 2.89 bits per heavy atom. The Morgan fingerprint density at radius 1 is 1.47 bits per heavy atom. The van der Waals surface area contributed by atoms with Gasteiger partial charge in [0.1, 0.15) is 5.75 Å². The lowest BCUT2D eigenvalue weighted by atomic mass is 10.1. The number of hydrogen-bond donors (Lipinski definition) is 1. The van der Waals surface area contributed by atoms with Gasteiger partial charge in [-0.05, 0) is 48.1 Å². The molecule has 1 saturated heterocycles. The van der Waals surface area contributed by atoms with E-state index < -0.39 is 0 Å². The van der Waals surface area contributed by atoms with Gasteiger partial charge in [0.2, 0.25) is 0 Å². The highest BCUT2D eigenvalue weighted by molar-refractivity contribution is 7.99. The van der Waals surface area contributed by atoms with Crippen molar-refractivity contribution in [2.24, 2.45) is 5.92 Å². The second kappa shape index (κ2) is 7.05. The van der Waals surface area contributed by atoms with Crippen LogP contribution in [0.5, 0.6) is 5.75 Å². The molecule has 1 N–H and O–H groups in total. The second-order valence-electron chi connectivity index (χ2n) is 4.46. The van der Waals surface area contributed by atoms with Crippen molar-refractivity contribution in [2.45, 2.75) is 6.42 Å². The lowest BCUT2D eigenvalue weighted by Gasteiger charge is -2.10. The molecule has 4 nitrogen and oxygen atoms in total. The Morgan fingerprint density at radius 2 is 2.26 bits per heavy atom. The van der Waals surface area contributed by atoms with Crippen molar-refractivity contribution in [1.82, 2.24) is 5.32 Å². The summed E-state index contributed by atoms with van der Waals surface area (Å²) in [6.07, 6.45) is 1.18. The molecule has 1 fully saturated rings. The Labute approximate surface area is 117 Å². The van der Waals surface area contributed by atoms with Crippen LogP contribution in [-0.4, -0.2) is 30.6 Å². The molecule has 0 spiro atoms. The molecule has 0 aliphatic carbocycles. The van der Waals surface area contributed by atoms with E-state index >= 15 is 0 Å². The molecule has 1 unspecified atom stereocenters. The zero-order valence-corrected chi connectivity index (χ0v) is 11.4. The van der Waals surface area contributed by atoms with Crippen molar-refractivity contribution < 1.29 is 9.53 Å². The van der Waals surface area contributed by atoms with E-state index in [2.05, 4.69) is 5.32 Å². The van der Waals surface area contributed by atoms with Crippen LogP contribution in [0.3, 0.4) is 0 Å². The number of nitrogens with one attached hydrogen (secondary N) is 1. The number of ether oxygens (including phenoxy) is 1. The summed E-state index contributed by atoms with van der Waals surface area (Å²) in [5, 5.41) is 11.6. The van der Waals surface area contributed by atoms with E-state index in [0.29, 0.717) is 17.2 Å². The van der Waals surface area contributed by atoms with E-state index in [1.165, 1.54) is 12.2 Å². The molecule has 19 heavy (non-hydrogen) atoms. The number of hydrogen-bond acceptors (Lipinski definition) is 4. The molecule has 1 aliphatic rings. The van der Waals surface area contributed by atoms with Gasteiger partial charge in [-0.1, -0.05) is 0 Å². The quantitative estimate of drug-likeness (QED) is 0.891. The van der Waals surface area contributed by atoms with Crippen molar-refractivity contribution in [1.29, 1.82) is 5.26 Å². The summed E-state index contributed by atoms with van der Waals surface area (Å²) in [5.74, 6) is 3.44. The number of amides is 1. The van der Waals surface area contributed by atoms with Crippen LogP contribution in [0, 0.1) is 17.2 Å². The fourth-order valence-corrected chi connectivity index (χ4v) is 3.11. The third kappa shape index (κ3) is 4.49. The Hall–Kier alpha value is -1.67. The highest BCUT2D eigenvalue weighted by Crippen LogP contribution is 2.22. The molecule has 0 saturated carbocycles. The molecule has 5 heteroatoms. The fraction of sp³-hybridized carbons (Fsp3) is 0.429. The van der Waals surface area contributed by atoms with Crippen molar-refractivity contribution >= 4 is 17.7 Å². The second-order valence-corrected chi connectivity index (χ2v) is 5.61. The SMILES string of the molecule is N#Cc1ccc(OCC(=O)NCC2CCSC2)cc1. The van der Waals surface area contributed by atoms with Crippen LogP contribution < -0.4 is 10.1 Å². The highest BCUT2D eigenvalue weighted by atomic mass is 32.2. The Balaban J connectivity index is 1.69. The summed E-state index contributed by atoms with van der Waals surface area (Å²) in [6.45, 7) is 0.758. The summed E-state index contributed by atoms with van der Waals surface area (Å²) in [5.41, 5.74) is 0.579. The predicted octanol–water partition coefficient (Wildman–Crippen LogP) is 1.81. The van der Waals surface area contributed by atoms with Gasteiger partial charge in [-0.25, -0.2) is 0 Å². The summed E-state index contributed by atoms with van der Waals surface area (Å²) in [6, 6.07) is 8.76. The molecule has 1 aliphatic heterocycles. The minimum absolute atomic E-state index is 0.0196. The molecule has 2 rings (SSSR count). The van der Waals surface area contributed by atoms with Gasteiger partial charge in [0.25, 0.3) is 5.91 Å². The van der Waals surface area contributed by atoms with Crippen molar-refractivity contribution in [3.63, 3.8) is 0 Å². The standard InChI is InChI=1S/C14H16N2O2S/c15-7-11-1-3-13(4-2-11)18-9-14(17)16-8-12-5-6-19-10-12/h1-4,12H,5-6,8-10H2,(H,16,17). The van der Waals surface area contributed by atoms with Crippen molar-refractivity contribution in [3.05, 3.63) is 29.8 Å². The van der Waals surface area contributed by atoms with E-state index in [-0.39, 0.29) is 12.5 Å². The van der Waals surface area contributed by atoms with Gasteiger partial charge in [0, 0.05) is 6.54 Å². The molecule has 1 aromatic rings. The van der Waals surface area contributed by atoms with Crippen LogP contribution in [0.25, 0.3) is 0 Å². The van der Waals surface area contributed by atoms with E-state index in [1.54, 1.807) is 24.3 Å². The van der Waals surface area contributed by atoms with Crippen LogP contribution in [0.1, 0.15) is 12.0 Å². The van der Waals surface area contributed by atoms with Gasteiger partial charge in [-0.15, -0.1) is 0 Å². The first-order valence-corrected chi connectivity index (χ1v) is 7.41. The van der Waals surface area contributed by atoms with Gasteiger partial charge in [-0.2, -0.15) is 17.0 Å². The van der Waals surface area contributed by atoms with Gasteiger partial charge < -0.3 is 10.1 Å². The summed E-state index contributed by atoms with van der Waals surface area (Å²) < 4.78 is 5.36. The Kier molecular flexibility index (Phi) is 5.10. The molecule has 1 aromatic carbocycles. The summed E-state index contributed by atoms with van der Waals surface area (Å²) in [4.78, 5) is 11.6. The maximum absolute atomic E-state index is 11.6. The molecule has 1 amide bonds. The maximum Gasteiger partial charge on any atom is 0.257 e. The van der Waals surface area contributed by atoms with E-state index in [4.69, 9.17) is 10.00 Å². The average molecular weight is 276 g/mol. The summed E-state index contributed by atoms with van der Waals surface area (Å²) >= 11 is 1.94. The van der Waals surface area contributed by atoms with Gasteiger partial charge in [-0.3, -0.25) is 4.79 Å². The van der Waals surface area contributed by atoms with Crippen LogP contribution in [0.4, 0.5) is 0 Å². The lowest BCUT2D eigenvalue weighted by molar-refractivity contribution is -0.123. The van der Waals surface area contributed by atoms with Gasteiger partial charge in [0.15, 0.2) is 6.61 Å². The minimum Gasteiger partial charge on any atom is -0.484 e. The molecular weight excluding hydrogens is 260 g/mol. The first kappa shape index (κ1) is 13.8. The predicted molar refractivity (Wildman–Crippen MR) is 75.1 cm³/mol. The number of nitrogens with zero attached hydrogens (tertiary/aromatic N) is 1. The maximum atomic E-state index is 11.6. The normalized spacial score (nSPS) is 17.7.